The molecule has 1 unspecified atom stereocenters. The van der Waals surface area contributed by atoms with Gasteiger partial charge in [-0.2, -0.15) is 0 Å². The van der Waals surface area contributed by atoms with Crippen LogP contribution in [0.1, 0.15) is 22.3 Å². The molecule has 0 saturated carbocycles. The SMILES string of the molecule is O=C(NCc1ccccc1F)c1cc(S(=O)(=O)C2CCS(=O)(=O)C2)ccc1Cl. The lowest BCUT2D eigenvalue weighted by Crippen LogP contribution is -2.25. The Hall–Kier alpha value is -1.97. The number of halogens is 2. The van der Waals surface area contributed by atoms with Crippen molar-refractivity contribution in [3.63, 3.8) is 0 Å². The van der Waals surface area contributed by atoms with E-state index in [0.29, 0.717) is 0 Å². The third-order valence-electron chi connectivity index (χ3n) is 4.54. The summed E-state index contributed by atoms with van der Waals surface area (Å²) in [5.41, 5.74) is 0.187. The Balaban J connectivity index is 1.83. The highest BCUT2D eigenvalue weighted by atomic mass is 35.5. The maximum absolute atomic E-state index is 13.7. The first-order chi connectivity index (χ1) is 13.1. The molecule has 0 spiro atoms. The van der Waals surface area contributed by atoms with Crippen molar-refractivity contribution in [2.75, 3.05) is 11.5 Å². The van der Waals surface area contributed by atoms with Gasteiger partial charge in [-0.25, -0.2) is 21.2 Å². The number of amides is 1. The molecule has 0 bridgehead atoms. The first kappa shape index (κ1) is 20.8. The van der Waals surface area contributed by atoms with Crippen LogP contribution >= 0.6 is 11.6 Å². The van der Waals surface area contributed by atoms with E-state index in [1.165, 1.54) is 30.3 Å². The minimum atomic E-state index is -3.93. The molecule has 0 aromatic heterocycles. The maximum Gasteiger partial charge on any atom is 0.253 e. The number of carbonyl (C=O) groups is 1. The molecule has 0 aliphatic carbocycles. The number of carbonyl (C=O) groups excluding carboxylic acids is 1. The van der Waals surface area contributed by atoms with Gasteiger partial charge in [0.1, 0.15) is 5.82 Å². The van der Waals surface area contributed by atoms with E-state index in [9.17, 15) is 26.0 Å². The Morgan fingerprint density at radius 1 is 1.21 bits per heavy atom. The summed E-state index contributed by atoms with van der Waals surface area (Å²) >= 11 is 6.03. The Morgan fingerprint density at radius 2 is 1.93 bits per heavy atom. The fourth-order valence-electron chi connectivity index (χ4n) is 2.97. The van der Waals surface area contributed by atoms with Crippen LogP contribution in [0, 0.1) is 5.82 Å². The zero-order chi connectivity index (χ0) is 20.5. The summed E-state index contributed by atoms with van der Waals surface area (Å²) < 4.78 is 62.4. The molecule has 1 amide bonds. The Bertz CT molecular complexity index is 1130. The van der Waals surface area contributed by atoms with Gasteiger partial charge in [-0.15, -0.1) is 0 Å². The number of hydrogen-bond acceptors (Lipinski definition) is 5. The van der Waals surface area contributed by atoms with Crippen molar-refractivity contribution in [2.45, 2.75) is 23.1 Å². The van der Waals surface area contributed by atoms with Crippen LogP contribution < -0.4 is 5.32 Å². The summed E-state index contributed by atoms with van der Waals surface area (Å²) in [7, 11) is -7.32. The van der Waals surface area contributed by atoms with Crippen molar-refractivity contribution in [3.8, 4) is 0 Å². The van der Waals surface area contributed by atoms with Crippen molar-refractivity contribution in [1.82, 2.24) is 5.32 Å². The summed E-state index contributed by atoms with van der Waals surface area (Å²) in [6, 6.07) is 9.57. The van der Waals surface area contributed by atoms with Crippen LogP contribution in [0.2, 0.25) is 5.02 Å². The molecule has 10 heteroatoms. The lowest BCUT2D eigenvalue weighted by Gasteiger charge is -2.13. The third kappa shape index (κ3) is 4.37. The highest BCUT2D eigenvalue weighted by Gasteiger charge is 2.38. The van der Waals surface area contributed by atoms with Crippen molar-refractivity contribution >= 4 is 37.2 Å². The van der Waals surface area contributed by atoms with E-state index >= 15 is 0 Å². The van der Waals surface area contributed by atoms with Crippen LogP contribution in [0.15, 0.2) is 47.4 Å². The molecule has 150 valence electrons. The Kier molecular flexibility index (Phi) is 5.79. The van der Waals surface area contributed by atoms with E-state index in [1.54, 1.807) is 6.07 Å². The monoisotopic (exact) mass is 445 g/mol. The third-order valence-corrected chi connectivity index (χ3v) is 9.04. The summed E-state index contributed by atoms with van der Waals surface area (Å²) in [4.78, 5) is 12.3. The van der Waals surface area contributed by atoms with Gasteiger partial charge in [-0.05, 0) is 30.7 Å². The molecule has 6 nitrogen and oxygen atoms in total. The predicted molar refractivity (Wildman–Crippen MR) is 103 cm³/mol. The van der Waals surface area contributed by atoms with Crippen LogP contribution in [-0.4, -0.2) is 39.5 Å². The fraction of sp³-hybridized carbons (Fsp3) is 0.278. The minimum Gasteiger partial charge on any atom is -0.348 e. The molecule has 2 aromatic carbocycles. The number of rotatable bonds is 5. The normalized spacial score (nSPS) is 18.7. The zero-order valence-electron chi connectivity index (χ0n) is 14.6. The molecule has 1 saturated heterocycles. The van der Waals surface area contributed by atoms with E-state index in [-0.39, 0.29) is 39.8 Å². The van der Waals surface area contributed by atoms with Gasteiger partial charge in [0.05, 0.1) is 32.2 Å². The van der Waals surface area contributed by atoms with Gasteiger partial charge in [-0.1, -0.05) is 29.8 Å². The molecule has 0 radical (unpaired) electrons. The van der Waals surface area contributed by atoms with Crippen molar-refractivity contribution in [3.05, 3.63) is 64.4 Å². The highest BCUT2D eigenvalue weighted by Crippen LogP contribution is 2.28. The smallest absolute Gasteiger partial charge is 0.253 e. The number of benzene rings is 2. The average Bonchev–Trinajstić information content (AvgIpc) is 3.01. The summed E-state index contributed by atoms with van der Waals surface area (Å²) in [5.74, 6) is -1.76. The second-order valence-electron chi connectivity index (χ2n) is 6.49. The summed E-state index contributed by atoms with van der Waals surface area (Å²) in [5, 5.41) is 1.49. The first-order valence-electron chi connectivity index (χ1n) is 8.35. The summed E-state index contributed by atoms with van der Waals surface area (Å²) in [6.45, 7) is -0.0975. The van der Waals surface area contributed by atoms with Crippen LogP contribution in [0.25, 0.3) is 0 Å². The first-order valence-corrected chi connectivity index (χ1v) is 12.1. The van der Waals surface area contributed by atoms with Crippen LogP contribution in [0.4, 0.5) is 4.39 Å². The second kappa shape index (κ2) is 7.81. The molecule has 1 N–H and O–H groups in total. The van der Waals surface area contributed by atoms with Crippen molar-refractivity contribution in [2.24, 2.45) is 0 Å². The summed E-state index contributed by atoms with van der Waals surface area (Å²) in [6.07, 6.45) is 0.0160. The number of nitrogens with one attached hydrogen (secondary N) is 1. The molecule has 1 heterocycles. The maximum atomic E-state index is 13.7. The quantitative estimate of drug-likeness (QED) is 0.762. The van der Waals surface area contributed by atoms with Gasteiger partial charge in [0.15, 0.2) is 19.7 Å². The van der Waals surface area contributed by atoms with Gasteiger partial charge in [0.25, 0.3) is 5.91 Å². The van der Waals surface area contributed by atoms with E-state index in [2.05, 4.69) is 5.32 Å². The Morgan fingerprint density at radius 3 is 2.57 bits per heavy atom. The molecule has 2 aromatic rings. The number of hydrogen-bond donors (Lipinski definition) is 1. The van der Waals surface area contributed by atoms with Gasteiger partial charge < -0.3 is 5.32 Å². The van der Waals surface area contributed by atoms with Crippen LogP contribution in [-0.2, 0) is 26.2 Å². The Labute approximate surface area is 167 Å². The standard InChI is InChI=1S/C18H17ClFNO5S2/c19-16-6-5-13(28(25,26)14-7-8-27(23,24)11-14)9-15(16)18(22)21-10-12-3-1-2-4-17(12)20/h1-6,9,14H,7-8,10-11H2,(H,21,22). The van der Waals surface area contributed by atoms with Crippen LogP contribution in [0.5, 0.6) is 0 Å². The molecular weight excluding hydrogens is 429 g/mol. The van der Waals surface area contributed by atoms with Gasteiger partial charge in [-0.3, -0.25) is 4.79 Å². The van der Waals surface area contributed by atoms with Gasteiger partial charge in [0, 0.05) is 12.1 Å². The molecule has 1 atom stereocenters. The average molecular weight is 446 g/mol. The largest absolute Gasteiger partial charge is 0.348 e. The van der Waals surface area contributed by atoms with E-state index in [4.69, 9.17) is 11.6 Å². The number of sulfone groups is 2. The minimum absolute atomic E-state index is 0.0160. The van der Waals surface area contributed by atoms with Crippen LogP contribution in [0.3, 0.4) is 0 Å². The lowest BCUT2D eigenvalue weighted by molar-refractivity contribution is 0.0950. The fourth-order valence-corrected chi connectivity index (χ4v) is 7.55. The molecule has 1 aliphatic rings. The van der Waals surface area contributed by atoms with Gasteiger partial charge >= 0.3 is 0 Å². The van der Waals surface area contributed by atoms with E-state index in [1.807, 2.05) is 0 Å². The molecule has 1 fully saturated rings. The predicted octanol–water partition coefficient (Wildman–Crippen LogP) is 2.37. The van der Waals surface area contributed by atoms with Crippen molar-refractivity contribution < 1.29 is 26.0 Å². The second-order valence-corrected chi connectivity index (χ2v) is 11.3. The highest BCUT2D eigenvalue weighted by molar-refractivity contribution is 7.96. The molecule has 28 heavy (non-hydrogen) atoms. The topological polar surface area (TPSA) is 97.4 Å². The van der Waals surface area contributed by atoms with E-state index < -0.39 is 42.4 Å². The molecule has 1 aliphatic heterocycles. The van der Waals surface area contributed by atoms with Crippen molar-refractivity contribution in [1.29, 1.82) is 0 Å². The zero-order valence-corrected chi connectivity index (χ0v) is 16.9. The molecule has 3 rings (SSSR count). The van der Waals surface area contributed by atoms with Gasteiger partial charge in [0.2, 0.25) is 0 Å². The lowest BCUT2D eigenvalue weighted by atomic mass is 10.2. The molecular formula is C18H17ClFNO5S2. The van der Waals surface area contributed by atoms with E-state index in [0.717, 1.165) is 6.07 Å².